The van der Waals surface area contributed by atoms with Crippen LogP contribution in [-0.4, -0.2) is 53.4 Å². The van der Waals surface area contributed by atoms with Gasteiger partial charge in [0.15, 0.2) is 0 Å². The summed E-state index contributed by atoms with van der Waals surface area (Å²) >= 11 is 1.55. The first kappa shape index (κ1) is 28.0. The number of hydrogen-bond acceptors (Lipinski definition) is 6. The molecule has 9 nitrogen and oxygen atoms in total. The molecule has 0 saturated heterocycles. The van der Waals surface area contributed by atoms with Crippen molar-refractivity contribution in [2.75, 3.05) is 13.7 Å². The van der Waals surface area contributed by atoms with Crippen LogP contribution >= 0.6 is 11.3 Å². The zero-order chi connectivity index (χ0) is 25.8. The number of carbonyl (C=O) groups excluding carboxylic acids is 2. The lowest BCUT2D eigenvalue weighted by Crippen LogP contribution is -2.49. The topological polar surface area (TPSA) is 117 Å². The van der Waals surface area contributed by atoms with Crippen molar-refractivity contribution in [1.29, 1.82) is 0 Å². The molecule has 1 aromatic heterocycles. The number of methoxy groups -OCH3 is 1. The van der Waals surface area contributed by atoms with E-state index in [0.717, 1.165) is 10.4 Å². The molecule has 1 heterocycles. The van der Waals surface area contributed by atoms with Crippen LogP contribution < -0.4 is 15.4 Å². The standard InChI is InChI=1S/C25H35N3O6S/c1-25(2,3)34-24(32)27-21(12-5-6-13-26-23(30)31)22(29)28(17-20-11-8-14-35-20)16-18-9-7-10-19(15-18)33-4/h7-11,14-15,21,26H,5-6,12-13,16-17H2,1-4H3,(H,27,32)(H,30,31)/t21-/m1/s1. The molecule has 0 fully saturated rings. The Balaban J connectivity index is 2.21. The van der Waals surface area contributed by atoms with Gasteiger partial charge in [-0.2, -0.15) is 0 Å². The van der Waals surface area contributed by atoms with Gasteiger partial charge in [-0.25, -0.2) is 9.59 Å². The van der Waals surface area contributed by atoms with E-state index in [9.17, 15) is 14.4 Å². The van der Waals surface area contributed by atoms with E-state index in [0.29, 0.717) is 38.1 Å². The maximum absolute atomic E-state index is 13.7. The van der Waals surface area contributed by atoms with E-state index in [1.807, 2.05) is 41.8 Å². The molecule has 1 atom stereocenters. The molecule has 0 bridgehead atoms. The zero-order valence-electron chi connectivity index (χ0n) is 20.7. The molecule has 2 aromatic rings. The van der Waals surface area contributed by atoms with Gasteiger partial charge >= 0.3 is 12.2 Å². The van der Waals surface area contributed by atoms with Gasteiger partial charge in [0.05, 0.1) is 13.7 Å². The minimum atomic E-state index is -1.09. The number of nitrogens with one attached hydrogen (secondary N) is 2. The molecule has 3 N–H and O–H groups in total. The van der Waals surface area contributed by atoms with Crippen molar-refractivity contribution in [3.8, 4) is 5.75 Å². The number of carbonyl (C=O) groups is 3. The summed E-state index contributed by atoms with van der Waals surface area (Å²) in [6, 6.07) is 10.6. The summed E-state index contributed by atoms with van der Waals surface area (Å²) in [5.41, 5.74) is 0.191. The first-order chi connectivity index (χ1) is 16.6. The van der Waals surface area contributed by atoms with Gasteiger partial charge in [0, 0.05) is 18.0 Å². The van der Waals surface area contributed by atoms with Crippen LogP contribution in [0, 0.1) is 0 Å². The first-order valence-electron chi connectivity index (χ1n) is 11.5. The molecule has 0 aliphatic carbocycles. The smallest absolute Gasteiger partial charge is 0.408 e. The third kappa shape index (κ3) is 10.7. The maximum Gasteiger partial charge on any atom is 0.408 e. The average molecular weight is 506 g/mol. The van der Waals surface area contributed by atoms with Crippen LogP contribution in [0.3, 0.4) is 0 Å². The van der Waals surface area contributed by atoms with E-state index in [4.69, 9.17) is 14.6 Å². The first-order valence-corrected chi connectivity index (χ1v) is 12.4. The molecule has 0 aliphatic rings. The normalized spacial score (nSPS) is 11.9. The Kier molecular flexibility index (Phi) is 10.8. The Morgan fingerprint density at radius 1 is 1.11 bits per heavy atom. The average Bonchev–Trinajstić information content (AvgIpc) is 3.29. The zero-order valence-corrected chi connectivity index (χ0v) is 21.5. The highest BCUT2D eigenvalue weighted by Gasteiger charge is 2.28. The Morgan fingerprint density at radius 2 is 1.89 bits per heavy atom. The summed E-state index contributed by atoms with van der Waals surface area (Å²) in [5.74, 6) is 0.457. The van der Waals surface area contributed by atoms with Crippen molar-refractivity contribution in [2.45, 2.75) is 64.8 Å². The van der Waals surface area contributed by atoms with Crippen LogP contribution in [-0.2, 0) is 22.6 Å². The number of hydrogen-bond donors (Lipinski definition) is 3. The van der Waals surface area contributed by atoms with Gasteiger partial charge in [-0.1, -0.05) is 18.2 Å². The summed E-state index contributed by atoms with van der Waals surface area (Å²) in [6.07, 6.45) is -0.342. The van der Waals surface area contributed by atoms with Crippen molar-refractivity contribution in [3.05, 3.63) is 52.2 Å². The van der Waals surface area contributed by atoms with E-state index in [1.165, 1.54) is 0 Å². The van der Waals surface area contributed by atoms with E-state index in [-0.39, 0.29) is 12.5 Å². The van der Waals surface area contributed by atoms with E-state index in [2.05, 4.69) is 10.6 Å². The van der Waals surface area contributed by atoms with Crippen LogP contribution in [0.2, 0.25) is 0 Å². The second-order valence-corrected chi connectivity index (χ2v) is 10.1. The number of alkyl carbamates (subject to hydrolysis) is 1. The molecule has 0 unspecified atom stereocenters. The molecular formula is C25H35N3O6S. The Labute approximate surface area is 210 Å². The summed E-state index contributed by atoms with van der Waals surface area (Å²) in [6.45, 7) is 6.26. The number of benzene rings is 1. The molecule has 0 saturated carbocycles. The molecule has 3 amide bonds. The Bertz CT molecular complexity index is 958. The van der Waals surface area contributed by atoms with Gasteiger partial charge in [0.2, 0.25) is 5.91 Å². The largest absolute Gasteiger partial charge is 0.497 e. The number of nitrogens with zero attached hydrogens (tertiary/aromatic N) is 1. The van der Waals surface area contributed by atoms with Crippen LogP contribution in [0.15, 0.2) is 41.8 Å². The lowest BCUT2D eigenvalue weighted by atomic mass is 10.1. The lowest BCUT2D eigenvalue weighted by Gasteiger charge is -2.29. The van der Waals surface area contributed by atoms with Gasteiger partial charge in [-0.05, 0) is 69.2 Å². The van der Waals surface area contributed by atoms with Gasteiger partial charge in [-0.15, -0.1) is 11.3 Å². The lowest BCUT2D eigenvalue weighted by molar-refractivity contribution is -0.135. The molecule has 0 radical (unpaired) electrons. The van der Waals surface area contributed by atoms with Gasteiger partial charge < -0.3 is 30.1 Å². The minimum Gasteiger partial charge on any atom is -0.497 e. The van der Waals surface area contributed by atoms with Crippen molar-refractivity contribution < 1.29 is 29.0 Å². The van der Waals surface area contributed by atoms with Crippen LogP contribution in [0.5, 0.6) is 5.75 Å². The Hall–Kier alpha value is -3.27. The van der Waals surface area contributed by atoms with Crippen LogP contribution in [0.1, 0.15) is 50.5 Å². The van der Waals surface area contributed by atoms with Gasteiger partial charge in [-0.3, -0.25) is 4.79 Å². The maximum atomic E-state index is 13.7. The van der Waals surface area contributed by atoms with Gasteiger partial charge in [0.25, 0.3) is 0 Å². The quantitative estimate of drug-likeness (QED) is 0.363. The van der Waals surface area contributed by atoms with Crippen molar-refractivity contribution in [3.63, 3.8) is 0 Å². The number of amides is 3. The number of rotatable bonds is 12. The van der Waals surface area contributed by atoms with Crippen LogP contribution in [0.4, 0.5) is 9.59 Å². The monoisotopic (exact) mass is 505 g/mol. The Morgan fingerprint density at radius 3 is 2.51 bits per heavy atom. The molecule has 2 rings (SSSR count). The highest BCUT2D eigenvalue weighted by Crippen LogP contribution is 2.20. The van der Waals surface area contributed by atoms with Crippen molar-refractivity contribution >= 4 is 29.4 Å². The third-order valence-corrected chi connectivity index (χ3v) is 5.79. The molecule has 1 aromatic carbocycles. The second kappa shape index (κ2) is 13.6. The number of carboxylic acid groups (broad SMARTS) is 1. The molecular weight excluding hydrogens is 470 g/mol. The second-order valence-electron chi connectivity index (χ2n) is 9.05. The molecule has 192 valence electrons. The van der Waals surface area contributed by atoms with Crippen molar-refractivity contribution in [2.24, 2.45) is 0 Å². The SMILES string of the molecule is COc1cccc(CN(Cc2cccs2)C(=O)[C@@H](CCCCNC(=O)O)NC(=O)OC(C)(C)C)c1. The number of ether oxygens (including phenoxy) is 2. The fourth-order valence-corrected chi connectivity index (χ4v) is 4.11. The minimum absolute atomic E-state index is 0.238. The number of thiophene rings is 1. The summed E-state index contributed by atoms with van der Waals surface area (Å²) in [7, 11) is 1.59. The van der Waals surface area contributed by atoms with Crippen molar-refractivity contribution in [1.82, 2.24) is 15.5 Å². The van der Waals surface area contributed by atoms with E-state index >= 15 is 0 Å². The van der Waals surface area contributed by atoms with Crippen LogP contribution in [0.25, 0.3) is 0 Å². The fourth-order valence-electron chi connectivity index (χ4n) is 3.39. The third-order valence-electron chi connectivity index (χ3n) is 4.93. The molecule has 0 aliphatic heterocycles. The van der Waals surface area contributed by atoms with Gasteiger partial charge in [0.1, 0.15) is 17.4 Å². The number of unbranched alkanes of at least 4 members (excludes halogenated alkanes) is 1. The van der Waals surface area contributed by atoms with E-state index < -0.39 is 23.8 Å². The summed E-state index contributed by atoms with van der Waals surface area (Å²) in [4.78, 5) is 39.7. The fraction of sp³-hybridized carbons (Fsp3) is 0.480. The predicted octanol–water partition coefficient (Wildman–Crippen LogP) is 4.62. The molecule has 0 spiro atoms. The summed E-state index contributed by atoms with van der Waals surface area (Å²) < 4.78 is 10.7. The van der Waals surface area contributed by atoms with E-state index in [1.54, 1.807) is 44.1 Å². The summed E-state index contributed by atoms with van der Waals surface area (Å²) in [5, 5.41) is 15.8. The predicted molar refractivity (Wildman–Crippen MR) is 135 cm³/mol. The highest BCUT2D eigenvalue weighted by atomic mass is 32.1. The highest BCUT2D eigenvalue weighted by molar-refractivity contribution is 7.09. The molecule has 35 heavy (non-hydrogen) atoms. The molecule has 10 heteroatoms.